The zero-order chi connectivity index (χ0) is 37.3. The summed E-state index contributed by atoms with van der Waals surface area (Å²) in [6, 6.07) is 20.0. The Morgan fingerprint density at radius 1 is 1.04 bits per heavy atom. The molecule has 278 valence electrons. The highest BCUT2D eigenvalue weighted by atomic mass is 16.5. The van der Waals surface area contributed by atoms with Gasteiger partial charge in [-0.05, 0) is 74.4 Å². The van der Waals surface area contributed by atoms with Gasteiger partial charge >= 0.3 is 12.0 Å². The third kappa shape index (κ3) is 9.81. The van der Waals surface area contributed by atoms with Crippen LogP contribution in [0.15, 0.2) is 84.6 Å². The van der Waals surface area contributed by atoms with Crippen molar-refractivity contribution >= 4 is 29.2 Å². The van der Waals surface area contributed by atoms with E-state index in [4.69, 9.17) is 26.0 Å². The number of hydrogen-bond acceptors (Lipinski definition) is 8. The normalized spacial score (nSPS) is 19.8. The number of nitrogens with one attached hydrogen (secondary N) is 5. The highest BCUT2D eigenvalue weighted by molar-refractivity contribution is 5.99. The number of nitrogens with two attached hydrogens (primary N) is 1. The first kappa shape index (κ1) is 38.1. The fourth-order valence-corrected chi connectivity index (χ4v) is 6.40. The Kier molecular flexibility index (Phi) is 12.4. The second-order valence-corrected chi connectivity index (χ2v) is 14.7. The van der Waals surface area contributed by atoms with E-state index in [-0.39, 0.29) is 36.7 Å². The third-order valence-electron chi connectivity index (χ3n) is 9.64. The van der Waals surface area contributed by atoms with Crippen molar-refractivity contribution in [1.82, 2.24) is 15.5 Å². The monoisotopic (exact) mass is 711 g/mol. The molecular formula is C40H55N8O4+. The van der Waals surface area contributed by atoms with Gasteiger partial charge in [-0.3, -0.25) is 4.90 Å². The van der Waals surface area contributed by atoms with E-state index in [1.165, 1.54) is 6.42 Å². The van der Waals surface area contributed by atoms with Gasteiger partial charge in [-0.25, -0.2) is 4.79 Å². The van der Waals surface area contributed by atoms with E-state index in [2.05, 4.69) is 16.0 Å². The molecule has 1 saturated carbocycles. The molecule has 2 aromatic carbocycles. The minimum Gasteiger partial charge on any atom is -0.491 e. The van der Waals surface area contributed by atoms with E-state index in [9.17, 15) is 9.90 Å². The maximum absolute atomic E-state index is 13.7. The number of nitrogens with zero attached hydrogens (tertiary/aromatic N) is 2. The lowest BCUT2D eigenvalue weighted by Crippen LogP contribution is -2.55. The standard InChI is InChI=1S/C40H54N8O4/c1-39(2,3)34(41)26-32-36(40(32,4)46-29-15-11-16-30(25-29)52-24-22-49)45-38(50)44-33(28-13-7-5-8-14-28)17-12-23-51-31-18-19-35(42)48(27-31)37(43)47-20-9-6-10-21-47/h5,7-8,11,13-16,18-19,25-27,33,36,41-43,46,49H,6,9-10,12,17,20-24H2,1-4H3,(H2,44,45,50)/p+1/b32-26-,41-34?,43-37?/t33?,36-,40+/m1/s1. The van der Waals surface area contributed by atoms with Crippen molar-refractivity contribution in [2.75, 3.05) is 44.0 Å². The molecule has 3 atom stereocenters. The van der Waals surface area contributed by atoms with Gasteiger partial charge in [-0.15, -0.1) is 0 Å². The molecule has 2 heterocycles. The zero-order valence-electron chi connectivity index (χ0n) is 30.9. The highest BCUT2D eigenvalue weighted by Gasteiger charge is 2.58. The number of carbonyl (C=O) groups is 1. The number of allylic oxidation sites excluding steroid dienone is 1. The highest BCUT2D eigenvalue weighted by Crippen LogP contribution is 2.46. The molecule has 52 heavy (non-hydrogen) atoms. The Balaban J connectivity index is 1.24. The SMILES string of the molecule is CC(C)(C)C(=N)/C=C1/[C@@H](NC(=O)NC(CCCOc2ccc(N)[n+](C(=N)N3CCCCC3)c2)c2ccccc2)[C@@]1(C)Nc1cccc(OCCO)c1. The number of nitrogen functional groups attached to an aromatic ring is 1. The predicted molar refractivity (Wildman–Crippen MR) is 205 cm³/mol. The molecule has 12 nitrogen and oxygen atoms in total. The molecule has 1 unspecified atom stereocenters. The number of anilines is 2. The molecule has 1 aliphatic carbocycles. The summed E-state index contributed by atoms with van der Waals surface area (Å²) < 4.78 is 13.4. The van der Waals surface area contributed by atoms with E-state index in [1.807, 2.05) is 99.3 Å². The number of aromatic nitrogens is 1. The third-order valence-corrected chi connectivity index (χ3v) is 9.64. The van der Waals surface area contributed by atoms with Crippen LogP contribution in [0.5, 0.6) is 11.5 Å². The molecule has 0 radical (unpaired) electrons. The van der Waals surface area contributed by atoms with Crippen LogP contribution in [0.25, 0.3) is 0 Å². The van der Waals surface area contributed by atoms with Crippen LogP contribution in [0.2, 0.25) is 0 Å². The van der Waals surface area contributed by atoms with Crippen molar-refractivity contribution in [2.24, 2.45) is 5.41 Å². The van der Waals surface area contributed by atoms with Crippen LogP contribution in [0.3, 0.4) is 0 Å². The summed E-state index contributed by atoms with van der Waals surface area (Å²) in [4.78, 5) is 15.7. The number of ether oxygens (including phenoxy) is 2. The van der Waals surface area contributed by atoms with Crippen LogP contribution in [0.4, 0.5) is 16.3 Å². The lowest BCUT2D eigenvalue weighted by molar-refractivity contribution is -0.551. The van der Waals surface area contributed by atoms with E-state index in [1.54, 1.807) is 16.8 Å². The first-order chi connectivity index (χ1) is 24.9. The lowest BCUT2D eigenvalue weighted by atomic mass is 9.89. The molecule has 5 rings (SSSR count). The van der Waals surface area contributed by atoms with E-state index < -0.39 is 5.54 Å². The quantitative estimate of drug-likeness (QED) is 0.0491. The number of hydrogen-bond donors (Lipinski definition) is 7. The number of piperidine rings is 1. The molecule has 2 aliphatic rings. The molecular weight excluding hydrogens is 656 g/mol. The molecule has 3 aromatic rings. The summed E-state index contributed by atoms with van der Waals surface area (Å²) in [6.07, 6.45) is 8.27. The first-order valence-electron chi connectivity index (χ1n) is 18.2. The molecule has 0 spiro atoms. The second-order valence-electron chi connectivity index (χ2n) is 14.7. The zero-order valence-corrected chi connectivity index (χ0v) is 30.9. The maximum Gasteiger partial charge on any atom is 0.346 e. The Labute approximate surface area is 307 Å². The largest absolute Gasteiger partial charge is 0.491 e. The van der Waals surface area contributed by atoms with Crippen LogP contribution in [0.1, 0.15) is 71.4 Å². The van der Waals surface area contributed by atoms with Gasteiger partial charge in [0.2, 0.25) is 0 Å². The Morgan fingerprint density at radius 3 is 2.48 bits per heavy atom. The fourth-order valence-electron chi connectivity index (χ4n) is 6.40. The van der Waals surface area contributed by atoms with Gasteiger partial charge in [0.1, 0.15) is 24.3 Å². The van der Waals surface area contributed by atoms with E-state index in [0.717, 1.165) is 42.8 Å². The number of benzene rings is 2. The van der Waals surface area contributed by atoms with E-state index in [0.29, 0.717) is 48.4 Å². The van der Waals surface area contributed by atoms with Crippen LogP contribution in [-0.2, 0) is 0 Å². The van der Waals surface area contributed by atoms with E-state index >= 15 is 0 Å². The summed E-state index contributed by atoms with van der Waals surface area (Å²) >= 11 is 0. The van der Waals surface area contributed by atoms with Gasteiger partial charge in [0.15, 0.2) is 5.82 Å². The summed E-state index contributed by atoms with van der Waals surface area (Å²) in [6.45, 7) is 10.2. The molecule has 0 bridgehead atoms. The topological polar surface area (TPSA) is 173 Å². The maximum atomic E-state index is 13.7. The molecule has 1 aromatic heterocycles. The van der Waals surface area contributed by atoms with Crippen molar-refractivity contribution in [3.8, 4) is 11.5 Å². The Bertz CT molecular complexity index is 1730. The Morgan fingerprint density at radius 2 is 1.77 bits per heavy atom. The average molecular weight is 712 g/mol. The number of aliphatic hydroxyl groups is 1. The molecule has 2 amide bonds. The average Bonchev–Trinajstić information content (AvgIpc) is 3.67. The lowest BCUT2D eigenvalue weighted by Gasteiger charge is -2.24. The fraction of sp³-hybridized carbons (Fsp3) is 0.450. The minimum absolute atomic E-state index is 0.0802. The van der Waals surface area contributed by atoms with Crippen LogP contribution in [-0.4, -0.2) is 72.2 Å². The number of rotatable bonds is 14. The second kappa shape index (κ2) is 16.9. The number of urea groups is 1. The van der Waals surface area contributed by atoms with Crippen molar-refractivity contribution in [2.45, 2.75) is 77.4 Å². The molecule has 12 heteroatoms. The van der Waals surface area contributed by atoms with Crippen LogP contribution < -0.4 is 35.7 Å². The number of aliphatic hydroxyl groups excluding tert-OH is 1. The van der Waals surface area contributed by atoms with Crippen molar-refractivity contribution in [3.63, 3.8) is 0 Å². The Hall–Kier alpha value is -5.10. The van der Waals surface area contributed by atoms with Gasteiger partial charge in [-0.1, -0.05) is 57.2 Å². The first-order valence-corrected chi connectivity index (χ1v) is 18.2. The van der Waals surface area contributed by atoms with Crippen LogP contribution >= 0.6 is 0 Å². The number of likely N-dealkylation sites (tertiary alicyclic amines) is 1. The molecule has 1 saturated heterocycles. The predicted octanol–water partition coefficient (Wildman–Crippen LogP) is 5.64. The van der Waals surface area contributed by atoms with Crippen molar-refractivity contribution in [3.05, 3.63) is 90.1 Å². The van der Waals surface area contributed by atoms with Crippen molar-refractivity contribution in [1.29, 1.82) is 10.8 Å². The number of carbonyl (C=O) groups excluding carboxylic acids is 1. The molecule has 2 fully saturated rings. The molecule has 1 aliphatic heterocycles. The van der Waals surface area contributed by atoms with Gasteiger partial charge in [-0.2, -0.15) is 9.98 Å². The minimum atomic E-state index is -0.638. The van der Waals surface area contributed by atoms with Crippen molar-refractivity contribution < 1.29 is 23.9 Å². The summed E-state index contributed by atoms with van der Waals surface area (Å²) in [5.41, 5.74) is 8.40. The number of amides is 2. The van der Waals surface area contributed by atoms with Crippen LogP contribution in [0, 0.1) is 16.2 Å². The summed E-state index contributed by atoms with van der Waals surface area (Å²) in [7, 11) is 0. The summed E-state index contributed by atoms with van der Waals surface area (Å²) in [5, 5.41) is 36.5. The van der Waals surface area contributed by atoms with Gasteiger partial charge in [0.25, 0.3) is 0 Å². The number of pyridine rings is 1. The van der Waals surface area contributed by atoms with Gasteiger partial charge in [0, 0.05) is 28.9 Å². The van der Waals surface area contributed by atoms with Gasteiger partial charge < -0.3 is 41.7 Å². The smallest absolute Gasteiger partial charge is 0.346 e. The summed E-state index contributed by atoms with van der Waals surface area (Å²) in [5.74, 6) is 2.10. The molecule has 8 N–H and O–H groups in total. The van der Waals surface area contributed by atoms with Gasteiger partial charge in [0.05, 0.1) is 43.9 Å².